The Hall–Kier alpha value is -1.59. The Labute approximate surface area is 258 Å². The first-order valence-corrected chi connectivity index (χ1v) is 17.9. The van der Waals surface area contributed by atoms with Crippen LogP contribution in [0, 0.1) is 11.3 Å². The minimum atomic E-state index is -0.743. The van der Waals surface area contributed by atoms with E-state index < -0.39 is 23.3 Å². The molecule has 0 aromatic carbocycles. The molecule has 0 aliphatic carbocycles. The van der Waals surface area contributed by atoms with Crippen molar-refractivity contribution >= 4 is 17.9 Å². The molecule has 0 aliphatic heterocycles. The molecule has 248 valence electrons. The highest BCUT2D eigenvalue weighted by atomic mass is 16.4. The van der Waals surface area contributed by atoms with Crippen LogP contribution in [0.2, 0.25) is 0 Å². The van der Waals surface area contributed by atoms with E-state index in [1.165, 1.54) is 64.2 Å². The summed E-state index contributed by atoms with van der Waals surface area (Å²) in [5, 5.41) is 27.9. The van der Waals surface area contributed by atoms with Crippen molar-refractivity contribution in [1.29, 1.82) is 0 Å². The van der Waals surface area contributed by atoms with Crippen LogP contribution in [0.5, 0.6) is 0 Å². The lowest BCUT2D eigenvalue weighted by atomic mass is 9.74. The SMILES string of the molecule is CC(C)CCCCCCCCCCCCCC(CCCCCCCCCC(=O)O)(CCCCCCCC(=O)O)C(=O)O. The van der Waals surface area contributed by atoms with Gasteiger partial charge in [0.1, 0.15) is 0 Å². The van der Waals surface area contributed by atoms with E-state index in [1.54, 1.807) is 0 Å². The highest BCUT2D eigenvalue weighted by molar-refractivity contribution is 5.74. The van der Waals surface area contributed by atoms with Gasteiger partial charge < -0.3 is 15.3 Å². The van der Waals surface area contributed by atoms with Crippen LogP contribution < -0.4 is 0 Å². The normalized spacial score (nSPS) is 12.9. The van der Waals surface area contributed by atoms with Crippen LogP contribution in [-0.2, 0) is 14.4 Å². The van der Waals surface area contributed by atoms with Gasteiger partial charge in [-0.2, -0.15) is 0 Å². The third-order valence-electron chi connectivity index (χ3n) is 8.98. The molecule has 1 unspecified atom stereocenters. The summed E-state index contributed by atoms with van der Waals surface area (Å²) in [6.45, 7) is 4.60. The largest absolute Gasteiger partial charge is 0.481 e. The van der Waals surface area contributed by atoms with Gasteiger partial charge in [0, 0.05) is 12.8 Å². The second-order valence-electron chi connectivity index (χ2n) is 13.4. The second-order valence-corrected chi connectivity index (χ2v) is 13.4. The van der Waals surface area contributed by atoms with Crippen LogP contribution in [0.1, 0.15) is 200 Å². The maximum atomic E-state index is 12.6. The number of unbranched alkanes of at least 4 members (excludes halogenated alkanes) is 20. The molecule has 42 heavy (non-hydrogen) atoms. The molecule has 0 radical (unpaired) electrons. The molecule has 0 spiro atoms. The van der Waals surface area contributed by atoms with Gasteiger partial charge >= 0.3 is 17.9 Å². The molecule has 0 aliphatic rings. The van der Waals surface area contributed by atoms with Crippen LogP contribution in [0.3, 0.4) is 0 Å². The first kappa shape index (κ1) is 40.4. The summed E-state index contributed by atoms with van der Waals surface area (Å²) in [4.78, 5) is 34.0. The molecule has 0 heterocycles. The van der Waals surface area contributed by atoms with Gasteiger partial charge in [-0.3, -0.25) is 14.4 Å². The molecular weight excluding hydrogens is 528 g/mol. The van der Waals surface area contributed by atoms with Gasteiger partial charge in [0.15, 0.2) is 0 Å². The summed E-state index contributed by atoms with van der Waals surface area (Å²) in [5.74, 6) is -1.27. The van der Waals surface area contributed by atoms with E-state index in [0.717, 1.165) is 109 Å². The minimum Gasteiger partial charge on any atom is -0.481 e. The molecule has 0 bridgehead atoms. The first-order valence-electron chi connectivity index (χ1n) is 17.9. The van der Waals surface area contributed by atoms with E-state index in [0.29, 0.717) is 6.42 Å². The van der Waals surface area contributed by atoms with E-state index in [9.17, 15) is 19.5 Å². The summed E-state index contributed by atoms with van der Waals surface area (Å²) in [5.41, 5.74) is -0.627. The van der Waals surface area contributed by atoms with Crippen molar-refractivity contribution in [3.05, 3.63) is 0 Å². The molecule has 0 fully saturated rings. The van der Waals surface area contributed by atoms with Crippen molar-refractivity contribution in [2.75, 3.05) is 0 Å². The molecule has 6 nitrogen and oxygen atoms in total. The summed E-state index contributed by atoms with van der Waals surface area (Å²) in [6.07, 6.45) is 29.5. The quantitative estimate of drug-likeness (QED) is 0.0650. The number of carboxylic acids is 3. The molecule has 0 amide bonds. The highest BCUT2D eigenvalue weighted by Crippen LogP contribution is 2.38. The Bertz CT molecular complexity index is 661. The molecule has 0 saturated heterocycles. The number of hydrogen-bond acceptors (Lipinski definition) is 3. The Kier molecular flexibility index (Phi) is 27.1. The monoisotopic (exact) mass is 597 g/mol. The summed E-state index contributed by atoms with van der Waals surface area (Å²) in [7, 11) is 0. The van der Waals surface area contributed by atoms with Crippen LogP contribution in [0.15, 0.2) is 0 Å². The fourth-order valence-corrected chi connectivity index (χ4v) is 6.20. The van der Waals surface area contributed by atoms with E-state index in [4.69, 9.17) is 10.2 Å². The maximum absolute atomic E-state index is 12.6. The van der Waals surface area contributed by atoms with Gasteiger partial charge in [-0.25, -0.2) is 0 Å². The predicted octanol–water partition coefficient (Wildman–Crippen LogP) is 11.2. The fourth-order valence-electron chi connectivity index (χ4n) is 6.20. The van der Waals surface area contributed by atoms with Gasteiger partial charge in [0.05, 0.1) is 5.41 Å². The summed E-state index contributed by atoms with van der Waals surface area (Å²) < 4.78 is 0. The topological polar surface area (TPSA) is 112 Å². The van der Waals surface area contributed by atoms with E-state index >= 15 is 0 Å². The van der Waals surface area contributed by atoms with Gasteiger partial charge in [0.25, 0.3) is 0 Å². The average Bonchev–Trinajstić information content (AvgIpc) is 2.92. The fraction of sp³-hybridized carbons (Fsp3) is 0.917. The van der Waals surface area contributed by atoms with Crippen molar-refractivity contribution in [3.63, 3.8) is 0 Å². The highest BCUT2D eigenvalue weighted by Gasteiger charge is 2.36. The lowest BCUT2D eigenvalue weighted by molar-refractivity contribution is -0.151. The maximum Gasteiger partial charge on any atom is 0.309 e. The third-order valence-corrected chi connectivity index (χ3v) is 8.98. The zero-order chi connectivity index (χ0) is 31.3. The number of carbonyl (C=O) groups is 3. The number of aliphatic carboxylic acids is 3. The van der Waals surface area contributed by atoms with Crippen molar-refractivity contribution in [3.8, 4) is 0 Å². The molecule has 0 aromatic rings. The summed E-state index contributed by atoms with van der Waals surface area (Å²) >= 11 is 0. The Morgan fingerprint density at radius 3 is 0.952 bits per heavy atom. The van der Waals surface area contributed by atoms with Gasteiger partial charge in [-0.05, 0) is 38.0 Å². The van der Waals surface area contributed by atoms with E-state index in [-0.39, 0.29) is 12.8 Å². The first-order chi connectivity index (χ1) is 20.2. The summed E-state index contributed by atoms with van der Waals surface area (Å²) in [6, 6.07) is 0. The third kappa shape index (κ3) is 26.1. The van der Waals surface area contributed by atoms with Crippen LogP contribution in [0.25, 0.3) is 0 Å². The van der Waals surface area contributed by atoms with Gasteiger partial charge in [0.2, 0.25) is 0 Å². The molecular formula is C36H68O6. The Morgan fingerprint density at radius 1 is 0.429 bits per heavy atom. The van der Waals surface area contributed by atoms with Gasteiger partial charge in [-0.15, -0.1) is 0 Å². The number of rotatable bonds is 33. The molecule has 0 saturated carbocycles. The van der Waals surface area contributed by atoms with Crippen molar-refractivity contribution in [2.24, 2.45) is 11.3 Å². The van der Waals surface area contributed by atoms with Crippen molar-refractivity contribution in [1.82, 2.24) is 0 Å². The lowest BCUT2D eigenvalue weighted by Gasteiger charge is -2.30. The lowest BCUT2D eigenvalue weighted by Crippen LogP contribution is -2.31. The predicted molar refractivity (Wildman–Crippen MR) is 174 cm³/mol. The van der Waals surface area contributed by atoms with Crippen molar-refractivity contribution < 1.29 is 29.7 Å². The molecule has 1 atom stereocenters. The minimum absolute atomic E-state index is 0.219. The standard InChI is InChI=1S/C36H68O6/c1-32(2)26-20-14-9-6-4-3-5-7-11-17-23-29-36(35(41)42,31-25-19-13-16-22-28-34(39)40)30-24-18-12-8-10-15-21-27-33(37)38/h32H,3-31H2,1-2H3,(H,37,38)(H,39,40)(H,41,42). The molecule has 3 N–H and O–H groups in total. The van der Waals surface area contributed by atoms with Crippen molar-refractivity contribution in [2.45, 2.75) is 200 Å². The van der Waals surface area contributed by atoms with Crippen LogP contribution in [0.4, 0.5) is 0 Å². The van der Waals surface area contributed by atoms with Crippen LogP contribution >= 0.6 is 0 Å². The molecule has 6 heteroatoms. The zero-order valence-electron chi connectivity index (χ0n) is 27.6. The molecule has 0 aromatic heterocycles. The average molecular weight is 597 g/mol. The van der Waals surface area contributed by atoms with E-state index in [1.807, 2.05) is 0 Å². The molecule has 0 rings (SSSR count). The van der Waals surface area contributed by atoms with Crippen LogP contribution in [-0.4, -0.2) is 33.2 Å². The smallest absolute Gasteiger partial charge is 0.309 e. The van der Waals surface area contributed by atoms with E-state index in [2.05, 4.69) is 13.8 Å². The number of carboxylic acid groups (broad SMARTS) is 3. The van der Waals surface area contributed by atoms with Gasteiger partial charge in [-0.1, -0.05) is 155 Å². The number of hydrogen-bond donors (Lipinski definition) is 3. The zero-order valence-corrected chi connectivity index (χ0v) is 27.6. The second kappa shape index (κ2) is 28.2. The Morgan fingerprint density at radius 2 is 0.690 bits per heavy atom. The Balaban J connectivity index is 4.37.